The van der Waals surface area contributed by atoms with Crippen molar-refractivity contribution in [3.63, 3.8) is 0 Å². The molecule has 2 aliphatic rings. The molecule has 0 aromatic carbocycles. The first kappa shape index (κ1) is 7.60. The summed E-state index contributed by atoms with van der Waals surface area (Å²) in [5, 5.41) is 0. The van der Waals surface area contributed by atoms with Gasteiger partial charge in [-0.2, -0.15) is 0 Å². The minimum Gasteiger partial charge on any atom is -0.306 e. The second kappa shape index (κ2) is 2.48. The van der Waals surface area contributed by atoms with Gasteiger partial charge in [0, 0.05) is 0 Å². The van der Waals surface area contributed by atoms with E-state index in [4.69, 9.17) is 0 Å². The number of hydrogen-bond acceptors (Lipinski definition) is 1. The molecule has 1 heterocycles. The van der Waals surface area contributed by atoms with Crippen molar-refractivity contribution < 1.29 is 0 Å². The highest BCUT2D eigenvalue weighted by Crippen LogP contribution is 2.53. The normalized spacial score (nSPS) is 37.1. The maximum atomic E-state index is 2.47. The van der Waals surface area contributed by atoms with Gasteiger partial charge in [0.2, 0.25) is 0 Å². The van der Waals surface area contributed by atoms with Gasteiger partial charge in [-0.05, 0) is 57.2 Å². The first-order valence-electron chi connectivity index (χ1n) is 4.91. The molecule has 2 rings (SSSR count). The molecule has 1 heteroatoms. The summed E-state index contributed by atoms with van der Waals surface area (Å²) in [5.41, 5.74) is 0.798. The molecule has 1 aliphatic carbocycles. The van der Waals surface area contributed by atoms with Crippen molar-refractivity contribution in [2.75, 3.05) is 20.1 Å². The second-order valence-electron chi connectivity index (χ2n) is 4.61. The molecule has 0 unspecified atom stereocenters. The zero-order valence-electron chi connectivity index (χ0n) is 7.77. The van der Waals surface area contributed by atoms with Crippen LogP contribution in [-0.2, 0) is 0 Å². The molecule has 0 aromatic heterocycles. The molecule has 0 radical (unpaired) electrons. The van der Waals surface area contributed by atoms with Crippen LogP contribution < -0.4 is 0 Å². The summed E-state index contributed by atoms with van der Waals surface area (Å²) >= 11 is 0. The van der Waals surface area contributed by atoms with E-state index in [1.807, 2.05) is 0 Å². The molecule has 1 aliphatic heterocycles. The number of hydrogen-bond donors (Lipinski definition) is 0. The molecule has 1 atom stereocenters. The molecule has 0 bridgehead atoms. The Balaban J connectivity index is 1.96. The van der Waals surface area contributed by atoms with Crippen LogP contribution in [0.25, 0.3) is 0 Å². The third kappa shape index (κ3) is 1.10. The number of likely N-dealkylation sites (tertiary alicyclic amines) is 1. The fourth-order valence-electron chi connectivity index (χ4n) is 2.65. The Morgan fingerprint density at radius 3 is 2.18 bits per heavy atom. The third-order valence-electron chi connectivity index (χ3n) is 4.10. The molecule has 1 saturated carbocycles. The number of piperidine rings is 1. The molecule has 11 heavy (non-hydrogen) atoms. The summed E-state index contributed by atoms with van der Waals surface area (Å²) in [6.45, 7) is 5.11. The van der Waals surface area contributed by atoms with Crippen LogP contribution in [-0.4, -0.2) is 25.0 Å². The van der Waals surface area contributed by atoms with Crippen LogP contribution >= 0.6 is 0 Å². The highest BCUT2D eigenvalue weighted by Gasteiger charge is 2.44. The summed E-state index contributed by atoms with van der Waals surface area (Å²) in [6.07, 6.45) is 5.93. The van der Waals surface area contributed by atoms with Crippen LogP contribution in [0.5, 0.6) is 0 Å². The smallest absolute Gasteiger partial charge is 0.00164 e. The predicted molar refractivity (Wildman–Crippen MR) is 47.6 cm³/mol. The average molecular weight is 153 g/mol. The fraction of sp³-hybridized carbons (Fsp3) is 1.00. The second-order valence-corrected chi connectivity index (χ2v) is 4.61. The fourth-order valence-corrected chi connectivity index (χ4v) is 2.65. The molecule has 64 valence electrons. The number of nitrogens with zero attached hydrogens (tertiary/aromatic N) is 1. The van der Waals surface area contributed by atoms with Crippen molar-refractivity contribution in [3.05, 3.63) is 0 Å². The van der Waals surface area contributed by atoms with Gasteiger partial charge in [0.15, 0.2) is 0 Å². The van der Waals surface area contributed by atoms with Crippen LogP contribution in [0.4, 0.5) is 0 Å². The molecular formula is C10H19N. The van der Waals surface area contributed by atoms with Gasteiger partial charge in [-0.25, -0.2) is 0 Å². The first-order chi connectivity index (χ1) is 5.23. The van der Waals surface area contributed by atoms with Crippen LogP contribution in [0.15, 0.2) is 0 Å². The van der Waals surface area contributed by atoms with Crippen LogP contribution in [0.2, 0.25) is 0 Å². The summed E-state index contributed by atoms with van der Waals surface area (Å²) in [4.78, 5) is 2.47. The zero-order valence-corrected chi connectivity index (χ0v) is 7.77. The lowest BCUT2D eigenvalue weighted by Gasteiger charge is -2.52. The van der Waals surface area contributed by atoms with Gasteiger partial charge in [-0.1, -0.05) is 6.92 Å². The molecule has 1 saturated heterocycles. The summed E-state index contributed by atoms with van der Waals surface area (Å²) in [6, 6.07) is 0. The summed E-state index contributed by atoms with van der Waals surface area (Å²) in [7, 11) is 2.25. The monoisotopic (exact) mass is 153 g/mol. The highest BCUT2D eigenvalue weighted by atomic mass is 15.1. The van der Waals surface area contributed by atoms with Crippen LogP contribution in [0.1, 0.15) is 32.6 Å². The molecule has 0 aromatic rings. The van der Waals surface area contributed by atoms with E-state index in [-0.39, 0.29) is 0 Å². The SMILES string of the molecule is C[C@@H]1CCC12CCN(C)CC2. The summed E-state index contributed by atoms with van der Waals surface area (Å²) < 4.78 is 0. The van der Waals surface area contributed by atoms with Gasteiger partial charge in [0.05, 0.1) is 0 Å². The average Bonchev–Trinajstić information content (AvgIpc) is 2.03. The van der Waals surface area contributed by atoms with Crippen molar-refractivity contribution in [2.45, 2.75) is 32.6 Å². The van der Waals surface area contributed by atoms with E-state index in [2.05, 4.69) is 18.9 Å². The van der Waals surface area contributed by atoms with E-state index in [1.165, 1.54) is 38.8 Å². The van der Waals surface area contributed by atoms with Gasteiger partial charge < -0.3 is 4.90 Å². The minimum atomic E-state index is 0.798. The van der Waals surface area contributed by atoms with E-state index in [1.54, 1.807) is 0 Å². The molecule has 0 amide bonds. The standard InChI is InChI=1S/C10H19N/c1-9-3-4-10(9)5-7-11(2)8-6-10/h9H,3-8H2,1-2H3/t9-/m1/s1. The zero-order chi connectivity index (χ0) is 7.90. The predicted octanol–water partition coefficient (Wildman–Crippen LogP) is 2.13. The van der Waals surface area contributed by atoms with E-state index >= 15 is 0 Å². The minimum absolute atomic E-state index is 0.798. The van der Waals surface area contributed by atoms with Crippen molar-refractivity contribution in [1.29, 1.82) is 0 Å². The van der Waals surface area contributed by atoms with Crippen molar-refractivity contribution in [2.24, 2.45) is 11.3 Å². The van der Waals surface area contributed by atoms with E-state index < -0.39 is 0 Å². The van der Waals surface area contributed by atoms with Gasteiger partial charge in [0.25, 0.3) is 0 Å². The van der Waals surface area contributed by atoms with Gasteiger partial charge in [-0.15, -0.1) is 0 Å². The Morgan fingerprint density at radius 2 is 1.82 bits per heavy atom. The molecular weight excluding hydrogens is 134 g/mol. The quantitative estimate of drug-likeness (QED) is 0.515. The van der Waals surface area contributed by atoms with Gasteiger partial charge >= 0.3 is 0 Å². The van der Waals surface area contributed by atoms with Gasteiger partial charge in [0.1, 0.15) is 0 Å². The third-order valence-corrected chi connectivity index (χ3v) is 4.10. The molecule has 1 nitrogen and oxygen atoms in total. The lowest BCUT2D eigenvalue weighted by atomic mass is 9.56. The van der Waals surface area contributed by atoms with Crippen LogP contribution in [0, 0.1) is 11.3 Å². The Labute approximate surface area is 69.8 Å². The summed E-state index contributed by atoms with van der Waals surface area (Å²) in [5.74, 6) is 1.02. The lowest BCUT2D eigenvalue weighted by molar-refractivity contribution is -0.0182. The maximum absolute atomic E-state index is 2.47. The molecule has 2 fully saturated rings. The number of rotatable bonds is 0. The largest absolute Gasteiger partial charge is 0.306 e. The molecule has 1 spiro atoms. The Morgan fingerprint density at radius 1 is 1.18 bits per heavy atom. The highest BCUT2D eigenvalue weighted by molar-refractivity contribution is 4.96. The van der Waals surface area contributed by atoms with Crippen molar-refractivity contribution >= 4 is 0 Å². The Kier molecular flexibility index (Phi) is 1.71. The lowest BCUT2D eigenvalue weighted by Crippen LogP contribution is -2.47. The van der Waals surface area contributed by atoms with E-state index in [0.29, 0.717) is 0 Å². The van der Waals surface area contributed by atoms with E-state index in [0.717, 1.165) is 11.3 Å². The topological polar surface area (TPSA) is 3.24 Å². The first-order valence-corrected chi connectivity index (χ1v) is 4.91. The van der Waals surface area contributed by atoms with Crippen molar-refractivity contribution in [1.82, 2.24) is 4.90 Å². The molecule has 0 N–H and O–H groups in total. The van der Waals surface area contributed by atoms with Crippen LogP contribution in [0.3, 0.4) is 0 Å². The van der Waals surface area contributed by atoms with Gasteiger partial charge in [-0.3, -0.25) is 0 Å². The Hall–Kier alpha value is -0.0400. The maximum Gasteiger partial charge on any atom is -0.00164 e. The van der Waals surface area contributed by atoms with Crippen molar-refractivity contribution in [3.8, 4) is 0 Å². The Bertz CT molecular complexity index is 145. The van der Waals surface area contributed by atoms with E-state index in [9.17, 15) is 0 Å².